The van der Waals surface area contributed by atoms with Crippen molar-refractivity contribution < 1.29 is 14.3 Å². The highest BCUT2D eigenvalue weighted by atomic mass is 32.2. The number of carbonyl (C=O) groups is 2. The summed E-state index contributed by atoms with van der Waals surface area (Å²) in [7, 11) is 0. The maximum Gasteiger partial charge on any atom is 0.258 e. The highest BCUT2D eigenvalue weighted by molar-refractivity contribution is 7.99. The highest BCUT2D eigenvalue weighted by Crippen LogP contribution is 2.18. The van der Waals surface area contributed by atoms with Crippen LogP contribution in [-0.4, -0.2) is 36.4 Å². The third-order valence-electron chi connectivity index (χ3n) is 5.38. The van der Waals surface area contributed by atoms with Crippen molar-refractivity contribution in [3.8, 4) is 5.75 Å². The summed E-state index contributed by atoms with van der Waals surface area (Å²) in [5.74, 6) is 1.55. The molecule has 7 heteroatoms. The van der Waals surface area contributed by atoms with E-state index in [1.807, 2.05) is 24.3 Å². The number of hydrogen-bond donors (Lipinski definition) is 2. The Bertz CT molecular complexity index is 909. The molecule has 2 aromatic carbocycles. The number of aryl methyl sites for hydroxylation is 1. The minimum absolute atomic E-state index is 0.0141. The molecular formula is C25H31N3O3S. The van der Waals surface area contributed by atoms with Crippen LogP contribution in [0.5, 0.6) is 5.75 Å². The third kappa shape index (κ3) is 8.38. The van der Waals surface area contributed by atoms with Crippen molar-refractivity contribution in [3.05, 3.63) is 65.2 Å². The molecule has 6 nitrogen and oxygen atoms in total. The van der Waals surface area contributed by atoms with Gasteiger partial charge in [0.05, 0.1) is 12.0 Å². The first kappa shape index (κ1) is 23.9. The van der Waals surface area contributed by atoms with Crippen LogP contribution in [0.2, 0.25) is 0 Å². The van der Waals surface area contributed by atoms with Gasteiger partial charge in [0.2, 0.25) is 5.91 Å². The quantitative estimate of drug-likeness (QED) is 0.417. The molecule has 0 saturated heterocycles. The number of amides is 2. The molecule has 0 heterocycles. The summed E-state index contributed by atoms with van der Waals surface area (Å²) in [5.41, 5.74) is 5.85. The van der Waals surface area contributed by atoms with E-state index in [0.717, 1.165) is 24.2 Å². The van der Waals surface area contributed by atoms with Gasteiger partial charge in [-0.05, 0) is 60.7 Å². The first-order valence-electron chi connectivity index (χ1n) is 11.1. The summed E-state index contributed by atoms with van der Waals surface area (Å²) in [6, 6.07) is 15.7. The number of nitrogens with one attached hydrogen (secondary N) is 2. The summed E-state index contributed by atoms with van der Waals surface area (Å²) in [6.45, 7) is 2.09. The van der Waals surface area contributed by atoms with Crippen molar-refractivity contribution in [2.45, 2.75) is 50.8 Å². The normalized spacial score (nSPS) is 14.3. The topological polar surface area (TPSA) is 79.8 Å². The average Bonchev–Trinajstić information content (AvgIpc) is 2.80. The average molecular weight is 454 g/mol. The van der Waals surface area contributed by atoms with Gasteiger partial charge < -0.3 is 10.1 Å². The van der Waals surface area contributed by atoms with Crippen LogP contribution in [0.1, 0.15) is 48.8 Å². The number of nitrogens with zero attached hydrogens (tertiary/aromatic N) is 1. The van der Waals surface area contributed by atoms with Gasteiger partial charge >= 0.3 is 0 Å². The largest absolute Gasteiger partial charge is 0.484 e. The van der Waals surface area contributed by atoms with Crippen LogP contribution in [0.4, 0.5) is 0 Å². The van der Waals surface area contributed by atoms with Crippen LogP contribution in [0.15, 0.2) is 53.6 Å². The van der Waals surface area contributed by atoms with E-state index in [2.05, 4.69) is 34.9 Å². The summed E-state index contributed by atoms with van der Waals surface area (Å²) < 4.78 is 5.57. The number of hydrazone groups is 1. The predicted octanol–water partition coefficient (Wildman–Crippen LogP) is 4.21. The van der Waals surface area contributed by atoms with Crippen molar-refractivity contribution in [1.29, 1.82) is 0 Å². The number of benzene rings is 2. The number of carbonyl (C=O) groups excluding carboxylic acids is 2. The predicted molar refractivity (Wildman–Crippen MR) is 130 cm³/mol. The zero-order valence-corrected chi connectivity index (χ0v) is 19.3. The minimum atomic E-state index is -0.135. The molecule has 0 aromatic heterocycles. The van der Waals surface area contributed by atoms with E-state index in [1.54, 1.807) is 30.1 Å². The molecule has 0 bridgehead atoms. The minimum Gasteiger partial charge on any atom is -0.484 e. The van der Waals surface area contributed by atoms with Gasteiger partial charge in [0.15, 0.2) is 6.61 Å². The molecule has 0 spiro atoms. The lowest BCUT2D eigenvalue weighted by molar-refractivity contribution is -0.124. The molecular weight excluding hydrogens is 422 g/mol. The van der Waals surface area contributed by atoms with E-state index in [0.29, 0.717) is 11.5 Å². The van der Waals surface area contributed by atoms with Crippen LogP contribution < -0.4 is 15.5 Å². The molecule has 1 aliphatic carbocycles. The van der Waals surface area contributed by atoms with Gasteiger partial charge in [-0.1, -0.05) is 43.5 Å². The summed E-state index contributed by atoms with van der Waals surface area (Å²) >= 11 is 1.56. The second kappa shape index (κ2) is 12.9. The van der Waals surface area contributed by atoms with Crippen molar-refractivity contribution >= 4 is 29.8 Å². The molecule has 0 unspecified atom stereocenters. The second-order valence-corrected chi connectivity index (χ2v) is 8.96. The number of hydrogen-bond acceptors (Lipinski definition) is 5. The fourth-order valence-electron chi connectivity index (χ4n) is 3.55. The van der Waals surface area contributed by atoms with Crippen molar-refractivity contribution in [3.63, 3.8) is 0 Å². The van der Waals surface area contributed by atoms with E-state index in [9.17, 15) is 9.59 Å². The zero-order chi connectivity index (χ0) is 22.6. The Balaban J connectivity index is 1.33. The molecule has 170 valence electrons. The molecule has 32 heavy (non-hydrogen) atoms. The molecule has 1 aliphatic rings. The van der Waals surface area contributed by atoms with Gasteiger partial charge in [-0.15, -0.1) is 11.8 Å². The van der Waals surface area contributed by atoms with Crippen molar-refractivity contribution in [2.75, 3.05) is 12.4 Å². The van der Waals surface area contributed by atoms with E-state index < -0.39 is 0 Å². The molecule has 0 atom stereocenters. The fourth-order valence-corrected chi connectivity index (χ4v) is 4.45. The Morgan fingerprint density at radius 3 is 2.56 bits per heavy atom. The highest BCUT2D eigenvalue weighted by Gasteiger charge is 2.15. The lowest BCUT2D eigenvalue weighted by Crippen LogP contribution is -2.38. The molecule has 2 aromatic rings. The van der Waals surface area contributed by atoms with E-state index >= 15 is 0 Å². The van der Waals surface area contributed by atoms with Gasteiger partial charge in [0.1, 0.15) is 5.75 Å². The standard InChI is InChI=1S/C25H31N3O3S/c1-19-7-5-6-8-21(19)17-32-18-25(30)28-26-15-20-11-13-23(14-12-20)31-16-24(29)27-22-9-3-2-4-10-22/h5-8,11-15,22H,2-4,9-10,16-18H2,1H3,(H,27,29)(H,28,30)/b26-15+. The Morgan fingerprint density at radius 2 is 1.81 bits per heavy atom. The number of thioether (sulfide) groups is 1. The molecule has 1 saturated carbocycles. The van der Waals surface area contributed by atoms with Gasteiger partial charge in [0.25, 0.3) is 5.91 Å². The van der Waals surface area contributed by atoms with Crippen LogP contribution in [-0.2, 0) is 15.3 Å². The SMILES string of the molecule is Cc1ccccc1CSCC(=O)N/N=C/c1ccc(OCC(=O)NC2CCCCC2)cc1. The van der Waals surface area contributed by atoms with Gasteiger partial charge in [0, 0.05) is 11.8 Å². The van der Waals surface area contributed by atoms with Gasteiger partial charge in [-0.25, -0.2) is 5.43 Å². The number of rotatable bonds is 10. The maximum atomic E-state index is 12.0. The van der Waals surface area contributed by atoms with E-state index in [1.165, 1.54) is 30.4 Å². The fraction of sp³-hybridized carbons (Fsp3) is 0.400. The Morgan fingerprint density at radius 1 is 1.06 bits per heavy atom. The molecule has 3 rings (SSSR count). The van der Waals surface area contributed by atoms with E-state index in [-0.39, 0.29) is 24.5 Å². The zero-order valence-electron chi connectivity index (χ0n) is 18.5. The first-order valence-corrected chi connectivity index (χ1v) is 12.2. The van der Waals surface area contributed by atoms with Gasteiger partial charge in [-0.3, -0.25) is 9.59 Å². The number of ether oxygens (including phenoxy) is 1. The summed E-state index contributed by atoms with van der Waals surface area (Å²) in [6.07, 6.45) is 7.32. The summed E-state index contributed by atoms with van der Waals surface area (Å²) in [5, 5.41) is 7.05. The van der Waals surface area contributed by atoms with Crippen molar-refractivity contribution in [1.82, 2.24) is 10.7 Å². The Kier molecular flexibility index (Phi) is 9.62. The van der Waals surface area contributed by atoms with Crippen LogP contribution in [0.3, 0.4) is 0 Å². The molecule has 2 amide bonds. The molecule has 2 N–H and O–H groups in total. The van der Waals surface area contributed by atoms with Crippen molar-refractivity contribution in [2.24, 2.45) is 5.10 Å². The van der Waals surface area contributed by atoms with Gasteiger partial charge in [-0.2, -0.15) is 5.10 Å². The van der Waals surface area contributed by atoms with Crippen LogP contribution in [0, 0.1) is 6.92 Å². The Labute approximate surface area is 194 Å². The van der Waals surface area contributed by atoms with Crippen LogP contribution >= 0.6 is 11.8 Å². The lowest BCUT2D eigenvalue weighted by atomic mass is 9.95. The molecule has 0 radical (unpaired) electrons. The summed E-state index contributed by atoms with van der Waals surface area (Å²) in [4.78, 5) is 24.0. The van der Waals surface area contributed by atoms with E-state index in [4.69, 9.17) is 4.74 Å². The molecule has 1 fully saturated rings. The molecule has 0 aliphatic heterocycles. The maximum absolute atomic E-state index is 12.0. The third-order valence-corrected chi connectivity index (χ3v) is 6.36. The Hall–Kier alpha value is -2.80. The first-order chi connectivity index (χ1) is 15.6. The smallest absolute Gasteiger partial charge is 0.258 e. The van der Waals surface area contributed by atoms with Crippen LogP contribution in [0.25, 0.3) is 0 Å². The monoisotopic (exact) mass is 453 g/mol. The lowest BCUT2D eigenvalue weighted by Gasteiger charge is -2.22. The second-order valence-electron chi connectivity index (χ2n) is 7.97.